The molecule has 5 nitrogen and oxygen atoms in total. The number of nitrogens with zero attached hydrogens (tertiary/aromatic N) is 1. The molecular weight excluding hydrogens is 386 g/mol. The average Bonchev–Trinajstić information content (AvgIpc) is 2.68. The van der Waals surface area contributed by atoms with Gasteiger partial charge in [0.25, 0.3) is 0 Å². The Morgan fingerprint density at radius 1 is 1.13 bits per heavy atom. The van der Waals surface area contributed by atoms with Gasteiger partial charge in [0.05, 0.1) is 5.92 Å². The SMILES string of the molecule is CN[C@H](/C=C/[C@H](Cc1ccccc1)C(=O)NC1CC(C)(C)N(O)C(C)(C)C1)CC(C)C. The summed E-state index contributed by atoms with van der Waals surface area (Å²) in [6.07, 6.45) is 7.36. The van der Waals surface area contributed by atoms with Crippen molar-refractivity contribution in [3.05, 3.63) is 48.0 Å². The van der Waals surface area contributed by atoms with Gasteiger partial charge in [0.1, 0.15) is 0 Å². The van der Waals surface area contributed by atoms with Crippen LogP contribution in [-0.4, -0.2) is 46.4 Å². The third-order valence-electron chi connectivity index (χ3n) is 6.29. The molecule has 3 N–H and O–H groups in total. The van der Waals surface area contributed by atoms with Crippen LogP contribution in [0.4, 0.5) is 0 Å². The van der Waals surface area contributed by atoms with Gasteiger partial charge >= 0.3 is 0 Å². The zero-order chi connectivity index (χ0) is 23.2. The van der Waals surface area contributed by atoms with E-state index in [4.69, 9.17) is 0 Å². The first-order valence-corrected chi connectivity index (χ1v) is 11.6. The van der Waals surface area contributed by atoms with Crippen LogP contribution in [-0.2, 0) is 11.2 Å². The first kappa shape index (κ1) is 25.6. The Hall–Kier alpha value is -1.69. The lowest BCUT2D eigenvalue weighted by molar-refractivity contribution is -0.246. The molecule has 5 heteroatoms. The van der Waals surface area contributed by atoms with Crippen LogP contribution in [0.2, 0.25) is 0 Å². The lowest BCUT2D eigenvalue weighted by Crippen LogP contribution is -2.63. The first-order chi connectivity index (χ1) is 14.4. The van der Waals surface area contributed by atoms with Gasteiger partial charge in [-0.1, -0.05) is 56.3 Å². The van der Waals surface area contributed by atoms with Crippen molar-refractivity contribution in [2.45, 2.75) is 90.4 Å². The van der Waals surface area contributed by atoms with Crippen LogP contribution >= 0.6 is 0 Å². The van der Waals surface area contributed by atoms with Crippen LogP contribution in [0.25, 0.3) is 0 Å². The minimum absolute atomic E-state index is 0.0309. The van der Waals surface area contributed by atoms with Gasteiger partial charge in [-0.05, 0) is 71.9 Å². The number of piperidine rings is 1. The van der Waals surface area contributed by atoms with Gasteiger partial charge < -0.3 is 15.8 Å². The summed E-state index contributed by atoms with van der Waals surface area (Å²) < 4.78 is 0. The zero-order valence-corrected chi connectivity index (χ0v) is 20.5. The van der Waals surface area contributed by atoms with Crippen LogP contribution < -0.4 is 10.6 Å². The third kappa shape index (κ3) is 7.44. The van der Waals surface area contributed by atoms with Crippen LogP contribution in [0.1, 0.15) is 66.4 Å². The maximum absolute atomic E-state index is 13.4. The molecule has 1 aliphatic rings. The van der Waals surface area contributed by atoms with Gasteiger partial charge in [-0.3, -0.25) is 4.79 Å². The van der Waals surface area contributed by atoms with Crippen molar-refractivity contribution in [3.8, 4) is 0 Å². The largest absolute Gasteiger partial charge is 0.353 e. The molecule has 1 heterocycles. The maximum atomic E-state index is 13.4. The van der Waals surface area contributed by atoms with E-state index >= 15 is 0 Å². The topological polar surface area (TPSA) is 64.6 Å². The van der Waals surface area contributed by atoms with Crippen molar-refractivity contribution in [1.82, 2.24) is 15.7 Å². The fourth-order valence-electron chi connectivity index (χ4n) is 4.87. The average molecular weight is 430 g/mol. The van der Waals surface area contributed by atoms with E-state index < -0.39 is 0 Å². The molecule has 0 saturated carbocycles. The summed E-state index contributed by atoms with van der Waals surface area (Å²) in [5.74, 6) is 0.405. The number of benzene rings is 1. The Kier molecular flexibility index (Phi) is 8.87. The summed E-state index contributed by atoms with van der Waals surface area (Å²) in [5, 5.41) is 18.7. The smallest absolute Gasteiger partial charge is 0.227 e. The van der Waals surface area contributed by atoms with E-state index in [-0.39, 0.29) is 35.0 Å². The Morgan fingerprint density at radius 3 is 2.23 bits per heavy atom. The second kappa shape index (κ2) is 10.8. The maximum Gasteiger partial charge on any atom is 0.227 e. The van der Waals surface area contributed by atoms with E-state index in [2.05, 4.69) is 48.8 Å². The second-order valence-electron chi connectivity index (χ2n) is 10.8. The van der Waals surface area contributed by atoms with E-state index in [9.17, 15) is 10.0 Å². The molecule has 1 amide bonds. The predicted octanol–water partition coefficient (Wildman–Crippen LogP) is 4.56. The summed E-state index contributed by atoms with van der Waals surface area (Å²) in [7, 11) is 1.97. The number of carbonyl (C=O) groups is 1. The van der Waals surface area contributed by atoms with Crippen molar-refractivity contribution in [3.63, 3.8) is 0 Å². The molecule has 0 radical (unpaired) electrons. The van der Waals surface area contributed by atoms with Gasteiger partial charge in [0.15, 0.2) is 0 Å². The minimum atomic E-state index is -0.390. The van der Waals surface area contributed by atoms with E-state index in [0.29, 0.717) is 25.2 Å². The quantitative estimate of drug-likeness (QED) is 0.504. The number of likely N-dealkylation sites (N-methyl/N-ethyl adjacent to an activating group) is 1. The molecule has 0 spiro atoms. The monoisotopic (exact) mass is 429 g/mol. The van der Waals surface area contributed by atoms with Crippen molar-refractivity contribution in [2.24, 2.45) is 11.8 Å². The van der Waals surface area contributed by atoms with Crippen molar-refractivity contribution in [2.75, 3.05) is 7.05 Å². The summed E-state index contributed by atoms with van der Waals surface area (Å²) in [4.78, 5) is 13.4. The summed E-state index contributed by atoms with van der Waals surface area (Å²) in [6, 6.07) is 10.5. The molecule has 0 bridgehead atoms. The van der Waals surface area contributed by atoms with Crippen molar-refractivity contribution < 1.29 is 10.0 Å². The van der Waals surface area contributed by atoms with Gasteiger partial charge in [-0.25, -0.2) is 0 Å². The van der Waals surface area contributed by atoms with E-state index in [1.54, 1.807) is 0 Å². The lowest BCUT2D eigenvalue weighted by atomic mass is 9.78. The standard InChI is InChI=1S/C26H43N3O2/c1-19(2)15-22(27-7)14-13-21(16-20-11-9-8-10-12-20)24(30)28-23-17-25(3,4)29(31)26(5,6)18-23/h8-14,19,21-23,27,31H,15-18H2,1-7H3,(H,28,30)/b14-13+/t21-,22-/m1/s1. The number of amides is 1. The van der Waals surface area contributed by atoms with Crippen LogP contribution in [0, 0.1) is 11.8 Å². The number of nitrogens with one attached hydrogen (secondary N) is 2. The van der Waals surface area contributed by atoms with Gasteiger partial charge in [0, 0.05) is 23.2 Å². The Balaban J connectivity index is 2.17. The molecule has 0 aliphatic carbocycles. The predicted molar refractivity (Wildman–Crippen MR) is 128 cm³/mol. The van der Waals surface area contributed by atoms with E-state index in [1.165, 1.54) is 5.06 Å². The van der Waals surface area contributed by atoms with Crippen molar-refractivity contribution in [1.29, 1.82) is 0 Å². The molecule has 31 heavy (non-hydrogen) atoms. The molecule has 174 valence electrons. The lowest BCUT2D eigenvalue weighted by Gasteiger charge is -2.51. The molecule has 1 aromatic carbocycles. The summed E-state index contributed by atoms with van der Waals surface area (Å²) in [6.45, 7) is 12.5. The summed E-state index contributed by atoms with van der Waals surface area (Å²) in [5.41, 5.74) is 0.376. The highest BCUT2D eigenvalue weighted by molar-refractivity contribution is 5.81. The molecule has 1 fully saturated rings. The number of rotatable bonds is 9. The number of hydroxylamine groups is 2. The molecular formula is C26H43N3O2. The molecule has 0 aromatic heterocycles. The zero-order valence-electron chi connectivity index (χ0n) is 20.5. The second-order valence-corrected chi connectivity index (χ2v) is 10.8. The minimum Gasteiger partial charge on any atom is -0.353 e. The highest BCUT2D eigenvalue weighted by Gasteiger charge is 2.45. The molecule has 2 atom stereocenters. The Morgan fingerprint density at radius 2 is 1.71 bits per heavy atom. The van der Waals surface area contributed by atoms with Crippen LogP contribution in [0.15, 0.2) is 42.5 Å². The highest BCUT2D eigenvalue weighted by Crippen LogP contribution is 2.36. The van der Waals surface area contributed by atoms with E-state index in [1.807, 2.05) is 52.9 Å². The fourth-order valence-corrected chi connectivity index (χ4v) is 4.87. The highest BCUT2D eigenvalue weighted by atomic mass is 16.5. The number of carbonyl (C=O) groups excluding carboxylic acids is 1. The Labute approximate surface area is 189 Å². The fraction of sp³-hybridized carbons (Fsp3) is 0.654. The van der Waals surface area contributed by atoms with Crippen molar-refractivity contribution >= 4 is 5.91 Å². The number of hydrogen-bond acceptors (Lipinski definition) is 4. The normalized spacial score (nSPS) is 21.3. The molecule has 2 rings (SSSR count). The van der Waals surface area contributed by atoms with Gasteiger partial charge in [-0.2, -0.15) is 5.06 Å². The molecule has 1 saturated heterocycles. The summed E-state index contributed by atoms with van der Waals surface area (Å²) >= 11 is 0. The first-order valence-electron chi connectivity index (χ1n) is 11.6. The van der Waals surface area contributed by atoms with Gasteiger partial charge in [0.2, 0.25) is 5.91 Å². The van der Waals surface area contributed by atoms with Crippen LogP contribution in [0.5, 0.6) is 0 Å². The van der Waals surface area contributed by atoms with Gasteiger partial charge in [-0.15, -0.1) is 0 Å². The van der Waals surface area contributed by atoms with Crippen LogP contribution in [0.3, 0.4) is 0 Å². The molecule has 0 unspecified atom stereocenters. The Bertz CT molecular complexity index is 709. The molecule has 1 aromatic rings. The van der Waals surface area contributed by atoms with E-state index in [0.717, 1.165) is 12.0 Å². The molecule has 1 aliphatic heterocycles. The third-order valence-corrected chi connectivity index (χ3v) is 6.29. The number of hydrogen-bond donors (Lipinski definition) is 3.